The lowest BCUT2D eigenvalue weighted by molar-refractivity contribution is -0.0910. The molecule has 0 aliphatic carbocycles. The van der Waals surface area contributed by atoms with Gasteiger partial charge in [-0.3, -0.25) is 0 Å². The van der Waals surface area contributed by atoms with Gasteiger partial charge in [-0.25, -0.2) is 14.5 Å². The molecule has 5 nitrogen and oxygen atoms in total. The number of nitrogens with zero attached hydrogens (tertiary/aromatic N) is 3. The lowest BCUT2D eigenvalue weighted by atomic mass is 10.2. The molecular formula is C10H9F2N3O2. The van der Waals surface area contributed by atoms with Crippen molar-refractivity contribution in [1.82, 2.24) is 14.8 Å². The SMILES string of the molecule is CCC(F)(F)n1ncc2cnc(C(=O)O)cc21. The molecule has 7 heteroatoms. The van der Waals surface area contributed by atoms with Crippen LogP contribution in [-0.4, -0.2) is 25.8 Å². The highest BCUT2D eigenvalue weighted by Crippen LogP contribution is 2.28. The zero-order valence-corrected chi connectivity index (χ0v) is 8.89. The molecule has 0 atom stereocenters. The average molecular weight is 241 g/mol. The Morgan fingerprint density at radius 2 is 2.24 bits per heavy atom. The van der Waals surface area contributed by atoms with E-state index in [0.717, 1.165) is 6.07 Å². The molecule has 0 saturated carbocycles. The molecule has 0 aliphatic rings. The number of aromatic carboxylic acids is 1. The summed E-state index contributed by atoms with van der Waals surface area (Å²) in [5.41, 5.74) is -0.226. The Balaban J connectivity index is 2.66. The summed E-state index contributed by atoms with van der Waals surface area (Å²) in [7, 11) is 0. The van der Waals surface area contributed by atoms with E-state index < -0.39 is 18.4 Å². The molecule has 2 heterocycles. The molecule has 90 valence electrons. The van der Waals surface area contributed by atoms with E-state index in [4.69, 9.17) is 5.11 Å². The van der Waals surface area contributed by atoms with Crippen molar-refractivity contribution in [3.63, 3.8) is 0 Å². The quantitative estimate of drug-likeness (QED) is 0.893. The minimum Gasteiger partial charge on any atom is -0.477 e. The van der Waals surface area contributed by atoms with E-state index >= 15 is 0 Å². The maximum Gasteiger partial charge on any atom is 0.354 e. The fraction of sp³-hybridized carbons (Fsp3) is 0.300. The van der Waals surface area contributed by atoms with E-state index in [9.17, 15) is 13.6 Å². The minimum absolute atomic E-state index is 0.0595. The number of hydrogen-bond acceptors (Lipinski definition) is 3. The number of alkyl halides is 2. The highest BCUT2D eigenvalue weighted by atomic mass is 19.3. The Bertz CT molecular complexity index is 580. The van der Waals surface area contributed by atoms with E-state index in [-0.39, 0.29) is 11.2 Å². The molecule has 0 aromatic carbocycles. The second-order valence-electron chi connectivity index (χ2n) is 3.51. The van der Waals surface area contributed by atoms with Crippen LogP contribution in [0.5, 0.6) is 0 Å². The second kappa shape index (κ2) is 3.76. The van der Waals surface area contributed by atoms with E-state index in [2.05, 4.69) is 10.1 Å². The average Bonchev–Trinajstić information content (AvgIpc) is 2.72. The van der Waals surface area contributed by atoms with Crippen LogP contribution in [0.15, 0.2) is 18.5 Å². The van der Waals surface area contributed by atoms with Crippen LogP contribution in [0.4, 0.5) is 8.78 Å². The van der Waals surface area contributed by atoms with Crippen LogP contribution in [0.2, 0.25) is 0 Å². The van der Waals surface area contributed by atoms with Crippen LogP contribution >= 0.6 is 0 Å². The van der Waals surface area contributed by atoms with Crippen molar-refractivity contribution < 1.29 is 18.7 Å². The summed E-state index contributed by atoms with van der Waals surface area (Å²) in [6, 6.07) is -2.05. The van der Waals surface area contributed by atoms with Gasteiger partial charge in [-0.2, -0.15) is 13.9 Å². The van der Waals surface area contributed by atoms with Gasteiger partial charge in [0.1, 0.15) is 5.69 Å². The summed E-state index contributed by atoms with van der Waals surface area (Å²) in [4.78, 5) is 14.3. The van der Waals surface area contributed by atoms with Crippen molar-refractivity contribution >= 4 is 16.9 Å². The largest absolute Gasteiger partial charge is 0.477 e. The third-order valence-corrected chi connectivity index (χ3v) is 2.41. The molecule has 1 N–H and O–H groups in total. The van der Waals surface area contributed by atoms with Gasteiger partial charge in [0, 0.05) is 18.0 Å². The third-order valence-electron chi connectivity index (χ3n) is 2.41. The zero-order valence-electron chi connectivity index (χ0n) is 8.89. The van der Waals surface area contributed by atoms with Gasteiger partial charge in [-0.1, -0.05) is 6.92 Å². The van der Waals surface area contributed by atoms with Crippen LogP contribution in [-0.2, 0) is 6.05 Å². The Labute approximate surface area is 94.7 Å². The summed E-state index contributed by atoms with van der Waals surface area (Å²) in [6.45, 7) is 1.33. The minimum atomic E-state index is -3.14. The number of pyridine rings is 1. The van der Waals surface area contributed by atoms with E-state index in [1.54, 1.807) is 0 Å². The normalized spacial score (nSPS) is 11.9. The summed E-state index contributed by atoms with van der Waals surface area (Å²) in [6.07, 6.45) is 2.03. The van der Waals surface area contributed by atoms with Crippen molar-refractivity contribution in [3.05, 3.63) is 24.2 Å². The predicted octanol–water partition coefficient (Wildman–Crippen LogP) is 2.09. The van der Waals surface area contributed by atoms with E-state index in [1.807, 2.05) is 0 Å². The zero-order chi connectivity index (χ0) is 12.6. The molecule has 0 radical (unpaired) electrons. The van der Waals surface area contributed by atoms with Crippen molar-refractivity contribution in [3.8, 4) is 0 Å². The van der Waals surface area contributed by atoms with Gasteiger partial charge in [0.05, 0.1) is 11.7 Å². The number of hydrogen-bond donors (Lipinski definition) is 1. The molecule has 0 bridgehead atoms. The molecule has 0 fully saturated rings. The van der Waals surface area contributed by atoms with Gasteiger partial charge in [0.25, 0.3) is 0 Å². The number of aromatic nitrogens is 3. The van der Waals surface area contributed by atoms with Crippen LogP contribution in [0, 0.1) is 0 Å². The highest BCUT2D eigenvalue weighted by molar-refractivity contribution is 5.90. The summed E-state index contributed by atoms with van der Waals surface area (Å²) >= 11 is 0. The van der Waals surface area contributed by atoms with E-state index in [0.29, 0.717) is 10.1 Å². The Hall–Kier alpha value is -2.05. The molecule has 0 saturated heterocycles. The fourth-order valence-corrected chi connectivity index (χ4v) is 1.45. The third kappa shape index (κ3) is 1.83. The molecule has 0 aliphatic heterocycles. The Morgan fingerprint density at radius 3 is 2.82 bits per heavy atom. The molecule has 2 aromatic rings. The van der Waals surface area contributed by atoms with Crippen LogP contribution in [0.3, 0.4) is 0 Å². The number of halogens is 2. The van der Waals surface area contributed by atoms with Crippen molar-refractivity contribution in [2.75, 3.05) is 0 Å². The van der Waals surface area contributed by atoms with Gasteiger partial charge in [0.2, 0.25) is 0 Å². The molecular weight excluding hydrogens is 232 g/mol. The van der Waals surface area contributed by atoms with Crippen LogP contribution in [0.25, 0.3) is 10.9 Å². The molecule has 2 aromatic heterocycles. The molecule has 0 spiro atoms. The molecule has 0 amide bonds. The lowest BCUT2D eigenvalue weighted by Crippen LogP contribution is -2.23. The number of carbonyl (C=O) groups is 1. The predicted molar refractivity (Wildman–Crippen MR) is 55.0 cm³/mol. The maximum absolute atomic E-state index is 13.5. The topological polar surface area (TPSA) is 68.0 Å². The van der Waals surface area contributed by atoms with Crippen molar-refractivity contribution in [1.29, 1.82) is 0 Å². The Morgan fingerprint density at radius 1 is 1.53 bits per heavy atom. The maximum atomic E-state index is 13.5. The number of carboxylic acids is 1. The number of rotatable bonds is 3. The van der Waals surface area contributed by atoms with Gasteiger partial charge < -0.3 is 5.11 Å². The summed E-state index contributed by atoms with van der Waals surface area (Å²) < 4.78 is 27.6. The summed E-state index contributed by atoms with van der Waals surface area (Å²) in [5.74, 6) is -1.26. The van der Waals surface area contributed by atoms with Crippen LogP contribution in [0.1, 0.15) is 23.8 Å². The highest BCUT2D eigenvalue weighted by Gasteiger charge is 2.31. The first kappa shape index (κ1) is 11.4. The first-order chi connectivity index (χ1) is 7.95. The fourth-order valence-electron chi connectivity index (χ4n) is 1.45. The monoisotopic (exact) mass is 241 g/mol. The molecule has 17 heavy (non-hydrogen) atoms. The standard InChI is InChI=1S/C10H9F2N3O2/c1-2-10(11,12)15-8-3-7(9(16)17)13-4-6(8)5-14-15/h3-5H,2H2,1H3,(H,16,17). The van der Waals surface area contributed by atoms with Gasteiger partial charge in [-0.05, 0) is 6.07 Å². The molecule has 2 rings (SSSR count). The smallest absolute Gasteiger partial charge is 0.354 e. The summed E-state index contributed by atoms with van der Waals surface area (Å²) in [5, 5.41) is 12.7. The first-order valence-corrected chi connectivity index (χ1v) is 4.91. The number of carboxylic acid groups (broad SMARTS) is 1. The van der Waals surface area contributed by atoms with Gasteiger partial charge >= 0.3 is 12.0 Å². The number of fused-ring (bicyclic) bond motifs is 1. The Kier molecular flexibility index (Phi) is 2.53. The van der Waals surface area contributed by atoms with Crippen LogP contribution < -0.4 is 0 Å². The first-order valence-electron chi connectivity index (χ1n) is 4.91. The van der Waals surface area contributed by atoms with Crippen molar-refractivity contribution in [2.45, 2.75) is 19.4 Å². The van der Waals surface area contributed by atoms with E-state index in [1.165, 1.54) is 19.3 Å². The van der Waals surface area contributed by atoms with Gasteiger partial charge in [0.15, 0.2) is 0 Å². The van der Waals surface area contributed by atoms with Crippen molar-refractivity contribution in [2.24, 2.45) is 0 Å². The lowest BCUT2D eigenvalue weighted by Gasteiger charge is -2.15. The van der Waals surface area contributed by atoms with Gasteiger partial charge in [-0.15, -0.1) is 0 Å². The second-order valence-corrected chi connectivity index (χ2v) is 3.51. The molecule has 0 unspecified atom stereocenters.